The third kappa shape index (κ3) is 7.64. The molecule has 0 saturated carbocycles. The van der Waals surface area contributed by atoms with Crippen molar-refractivity contribution in [3.63, 3.8) is 0 Å². The summed E-state index contributed by atoms with van der Waals surface area (Å²) in [4.78, 5) is 0. The summed E-state index contributed by atoms with van der Waals surface area (Å²) in [5, 5.41) is 3.62. The monoisotopic (exact) mass is 279 g/mol. The Labute approximate surface area is 123 Å². The predicted octanol–water partition coefficient (Wildman–Crippen LogP) is 4.79. The van der Waals surface area contributed by atoms with Crippen LogP contribution in [0, 0.1) is 6.92 Å². The Morgan fingerprint density at radius 3 is 2.74 bits per heavy atom. The van der Waals surface area contributed by atoms with Crippen molar-refractivity contribution in [2.24, 2.45) is 0 Å². The van der Waals surface area contributed by atoms with Gasteiger partial charge >= 0.3 is 0 Å². The van der Waals surface area contributed by atoms with Gasteiger partial charge in [0.15, 0.2) is 0 Å². The van der Waals surface area contributed by atoms with E-state index in [4.69, 9.17) is 0 Å². The zero-order chi connectivity index (χ0) is 13.9. The lowest BCUT2D eigenvalue weighted by molar-refractivity contribution is 0.502. The molecule has 108 valence electrons. The first kappa shape index (κ1) is 16.6. The molecule has 0 spiro atoms. The fourth-order valence-corrected chi connectivity index (χ4v) is 3.08. The van der Waals surface area contributed by atoms with Crippen molar-refractivity contribution in [2.75, 3.05) is 12.3 Å². The highest BCUT2D eigenvalue weighted by atomic mass is 32.2. The summed E-state index contributed by atoms with van der Waals surface area (Å²) in [7, 11) is 0. The summed E-state index contributed by atoms with van der Waals surface area (Å²) in [5.41, 5.74) is 2.89. The van der Waals surface area contributed by atoms with E-state index in [0.29, 0.717) is 6.04 Å². The van der Waals surface area contributed by atoms with Gasteiger partial charge in [0.05, 0.1) is 0 Å². The van der Waals surface area contributed by atoms with E-state index in [9.17, 15) is 0 Å². The minimum absolute atomic E-state index is 0.672. The lowest BCUT2D eigenvalue weighted by Gasteiger charge is -2.13. The highest BCUT2D eigenvalue weighted by molar-refractivity contribution is 7.98. The van der Waals surface area contributed by atoms with Crippen molar-refractivity contribution in [3.05, 3.63) is 35.4 Å². The van der Waals surface area contributed by atoms with Crippen LogP contribution in [0.1, 0.15) is 50.7 Å². The molecule has 0 bridgehead atoms. The Bertz CT molecular complexity index is 338. The summed E-state index contributed by atoms with van der Waals surface area (Å²) < 4.78 is 0. The number of thioether (sulfide) groups is 1. The molecule has 0 saturated heterocycles. The van der Waals surface area contributed by atoms with E-state index in [1.807, 2.05) is 11.8 Å². The standard InChI is InChI=1S/C17H29NS/c1-4-5-6-10-16(3)18-12-13-19-14-17-11-8-7-9-15(17)2/h7-9,11,16,18H,4-6,10,12-14H2,1-3H3. The SMILES string of the molecule is CCCCCC(C)NCCSCc1ccccc1C. The first-order valence-electron chi connectivity index (χ1n) is 7.59. The van der Waals surface area contributed by atoms with Gasteiger partial charge in [-0.25, -0.2) is 0 Å². The van der Waals surface area contributed by atoms with Gasteiger partial charge in [0.25, 0.3) is 0 Å². The highest BCUT2D eigenvalue weighted by Crippen LogP contribution is 2.15. The number of rotatable bonds is 10. The largest absolute Gasteiger partial charge is 0.313 e. The third-order valence-electron chi connectivity index (χ3n) is 3.50. The third-order valence-corrected chi connectivity index (χ3v) is 4.51. The zero-order valence-electron chi connectivity index (χ0n) is 12.7. The maximum atomic E-state index is 3.62. The quantitative estimate of drug-likeness (QED) is 0.618. The molecule has 0 fully saturated rings. The van der Waals surface area contributed by atoms with Gasteiger partial charge in [-0.2, -0.15) is 11.8 Å². The second kappa shape index (κ2) is 10.3. The normalized spacial score (nSPS) is 12.6. The number of nitrogens with one attached hydrogen (secondary N) is 1. The molecule has 1 atom stereocenters. The van der Waals surface area contributed by atoms with Crippen LogP contribution in [0.5, 0.6) is 0 Å². The Morgan fingerprint density at radius 2 is 2.00 bits per heavy atom. The van der Waals surface area contributed by atoms with Crippen LogP contribution in [0.15, 0.2) is 24.3 Å². The molecule has 1 unspecified atom stereocenters. The Balaban J connectivity index is 2.03. The Hall–Kier alpha value is -0.470. The Kier molecular flexibility index (Phi) is 9.02. The molecule has 0 amide bonds. The van der Waals surface area contributed by atoms with Crippen LogP contribution < -0.4 is 5.32 Å². The molecular formula is C17H29NS. The predicted molar refractivity (Wildman–Crippen MR) is 88.9 cm³/mol. The molecule has 1 N–H and O–H groups in total. The maximum absolute atomic E-state index is 3.62. The van der Waals surface area contributed by atoms with E-state index in [-0.39, 0.29) is 0 Å². The second-order valence-electron chi connectivity index (χ2n) is 5.33. The number of unbranched alkanes of at least 4 members (excludes halogenated alkanes) is 2. The molecule has 0 radical (unpaired) electrons. The number of hydrogen-bond acceptors (Lipinski definition) is 2. The molecule has 1 aromatic carbocycles. The van der Waals surface area contributed by atoms with Crippen LogP contribution in [0.4, 0.5) is 0 Å². The van der Waals surface area contributed by atoms with E-state index in [2.05, 4.69) is 50.4 Å². The topological polar surface area (TPSA) is 12.0 Å². The lowest BCUT2D eigenvalue weighted by atomic mass is 10.1. The summed E-state index contributed by atoms with van der Waals surface area (Å²) in [6, 6.07) is 9.36. The first-order valence-corrected chi connectivity index (χ1v) is 8.75. The van der Waals surface area contributed by atoms with E-state index in [1.54, 1.807) is 0 Å². The second-order valence-corrected chi connectivity index (χ2v) is 6.44. The molecule has 0 aliphatic rings. The number of aryl methyl sites for hydroxylation is 1. The summed E-state index contributed by atoms with van der Waals surface area (Å²) >= 11 is 2.03. The van der Waals surface area contributed by atoms with Crippen LogP contribution in [0.2, 0.25) is 0 Å². The van der Waals surface area contributed by atoms with Gasteiger partial charge in [0, 0.05) is 24.1 Å². The van der Waals surface area contributed by atoms with Crippen molar-refractivity contribution >= 4 is 11.8 Å². The van der Waals surface area contributed by atoms with Gasteiger partial charge < -0.3 is 5.32 Å². The molecule has 0 aromatic heterocycles. The average molecular weight is 279 g/mol. The maximum Gasteiger partial charge on any atom is 0.0187 e. The van der Waals surface area contributed by atoms with Gasteiger partial charge in [-0.05, 0) is 31.4 Å². The molecule has 1 rings (SSSR count). The van der Waals surface area contributed by atoms with Crippen LogP contribution in [-0.4, -0.2) is 18.3 Å². The van der Waals surface area contributed by atoms with Crippen molar-refractivity contribution in [1.82, 2.24) is 5.32 Å². The molecule has 0 aliphatic carbocycles. The van der Waals surface area contributed by atoms with E-state index >= 15 is 0 Å². The molecule has 2 heteroatoms. The van der Waals surface area contributed by atoms with Crippen LogP contribution in [0.25, 0.3) is 0 Å². The van der Waals surface area contributed by atoms with Crippen molar-refractivity contribution < 1.29 is 0 Å². The van der Waals surface area contributed by atoms with E-state index < -0.39 is 0 Å². The van der Waals surface area contributed by atoms with Gasteiger partial charge in [0.2, 0.25) is 0 Å². The molecule has 0 heterocycles. The molecular weight excluding hydrogens is 250 g/mol. The van der Waals surface area contributed by atoms with E-state index in [0.717, 1.165) is 12.3 Å². The number of hydrogen-bond donors (Lipinski definition) is 1. The van der Waals surface area contributed by atoms with Gasteiger partial charge in [-0.15, -0.1) is 0 Å². The zero-order valence-corrected chi connectivity index (χ0v) is 13.6. The molecule has 1 nitrogen and oxygen atoms in total. The van der Waals surface area contributed by atoms with Crippen LogP contribution in [-0.2, 0) is 5.75 Å². The minimum atomic E-state index is 0.672. The van der Waals surface area contributed by atoms with Gasteiger partial charge in [-0.1, -0.05) is 50.5 Å². The molecule has 19 heavy (non-hydrogen) atoms. The fourth-order valence-electron chi connectivity index (χ4n) is 2.13. The fraction of sp³-hybridized carbons (Fsp3) is 0.647. The molecule has 0 aliphatic heterocycles. The Morgan fingerprint density at radius 1 is 1.21 bits per heavy atom. The lowest BCUT2D eigenvalue weighted by Crippen LogP contribution is -2.28. The van der Waals surface area contributed by atoms with Crippen molar-refractivity contribution in [3.8, 4) is 0 Å². The first-order chi connectivity index (χ1) is 9.24. The molecule has 1 aromatic rings. The van der Waals surface area contributed by atoms with Gasteiger partial charge in [-0.3, -0.25) is 0 Å². The van der Waals surface area contributed by atoms with E-state index in [1.165, 1.54) is 42.6 Å². The van der Waals surface area contributed by atoms with Crippen molar-refractivity contribution in [1.29, 1.82) is 0 Å². The van der Waals surface area contributed by atoms with Gasteiger partial charge in [0.1, 0.15) is 0 Å². The van der Waals surface area contributed by atoms with Crippen LogP contribution in [0.3, 0.4) is 0 Å². The minimum Gasteiger partial charge on any atom is -0.313 e. The summed E-state index contributed by atoms with van der Waals surface area (Å²) in [5.74, 6) is 2.34. The number of benzene rings is 1. The van der Waals surface area contributed by atoms with Crippen molar-refractivity contribution in [2.45, 2.75) is 58.2 Å². The summed E-state index contributed by atoms with van der Waals surface area (Å²) in [6.45, 7) is 7.90. The highest BCUT2D eigenvalue weighted by Gasteiger charge is 2.01. The summed E-state index contributed by atoms with van der Waals surface area (Å²) in [6.07, 6.45) is 5.37. The van der Waals surface area contributed by atoms with Crippen LogP contribution >= 0.6 is 11.8 Å². The smallest absolute Gasteiger partial charge is 0.0187 e. The average Bonchev–Trinajstić information content (AvgIpc) is 2.41.